The van der Waals surface area contributed by atoms with Gasteiger partial charge in [0.25, 0.3) is 0 Å². The van der Waals surface area contributed by atoms with Gasteiger partial charge in [-0.25, -0.2) is 14.5 Å². The molecule has 5 heteroatoms. The number of hydrogen-bond donors (Lipinski definition) is 0. The zero-order valence-corrected chi connectivity index (χ0v) is 15.2. The maximum absolute atomic E-state index is 12.4. The van der Waals surface area contributed by atoms with Gasteiger partial charge in [0.2, 0.25) is 0 Å². The van der Waals surface area contributed by atoms with Crippen LogP contribution in [0.15, 0.2) is 60.7 Å². The normalized spacial score (nSPS) is 9.89. The number of rotatable bonds is 8. The number of benzene rings is 2. The van der Waals surface area contributed by atoms with E-state index in [1.165, 1.54) is 0 Å². The number of ether oxygens (including phenoxy) is 2. The second kappa shape index (κ2) is 11.4. The lowest BCUT2D eigenvalue weighted by Crippen LogP contribution is -2.38. The van der Waals surface area contributed by atoms with Crippen molar-refractivity contribution in [2.24, 2.45) is 0 Å². The lowest BCUT2D eigenvalue weighted by atomic mass is 10.2. The van der Waals surface area contributed by atoms with Crippen molar-refractivity contribution in [1.29, 1.82) is 0 Å². The second-order valence-electron chi connectivity index (χ2n) is 5.89. The first kappa shape index (κ1) is 20.1. The zero-order valence-electron chi connectivity index (χ0n) is 15.2. The van der Waals surface area contributed by atoms with Gasteiger partial charge in [0, 0.05) is 13.0 Å². The summed E-state index contributed by atoms with van der Waals surface area (Å²) in [7, 11) is 0. The first-order chi connectivity index (χ1) is 13.2. The van der Waals surface area contributed by atoms with E-state index in [0.717, 1.165) is 16.0 Å². The molecule has 2 amide bonds. The molecule has 0 bridgehead atoms. The Kier molecular flexibility index (Phi) is 8.45. The summed E-state index contributed by atoms with van der Waals surface area (Å²) in [6.07, 6.45) is 5.68. The molecule has 0 aliphatic rings. The molecule has 0 atom stereocenters. The summed E-state index contributed by atoms with van der Waals surface area (Å²) in [5.74, 6) is 2.54. The van der Waals surface area contributed by atoms with E-state index in [9.17, 15) is 9.59 Å². The third-order valence-electron chi connectivity index (χ3n) is 3.80. The maximum Gasteiger partial charge on any atom is 0.419 e. The molecule has 0 spiro atoms. The van der Waals surface area contributed by atoms with Gasteiger partial charge in [-0.15, -0.1) is 12.3 Å². The standard InChI is InChI=1S/C22H23NO4/c1-2-3-4-11-16-23(21(24)26-17-19-12-7-5-8-13-19)22(25)27-18-20-14-9-6-10-15-20/h1,5-10,12-15H,3-4,11,16-18H2. The number of amides is 2. The minimum absolute atomic E-state index is 0.0898. The fourth-order valence-electron chi connectivity index (χ4n) is 2.35. The van der Waals surface area contributed by atoms with Crippen LogP contribution in [0, 0.1) is 12.3 Å². The summed E-state index contributed by atoms with van der Waals surface area (Å²) in [5, 5.41) is 0. The quantitative estimate of drug-likeness (QED) is 0.500. The van der Waals surface area contributed by atoms with Gasteiger partial charge in [-0.3, -0.25) is 0 Å². The molecule has 0 aromatic heterocycles. The lowest BCUT2D eigenvalue weighted by Gasteiger charge is -2.20. The average molecular weight is 365 g/mol. The molecular formula is C22H23NO4. The molecule has 0 radical (unpaired) electrons. The first-order valence-corrected chi connectivity index (χ1v) is 8.83. The molecular weight excluding hydrogens is 342 g/mol. The smallest absolute Gasteiger partial charge is 0.419 e. The van der Waals surface area contributed by atoms with Gasteiger partial charge in [0.1, 0.15) is 13.2 Å². The Labute approximate surface area is 159 Å². The van der Waals surface area contributed by atoms with Gasteiger partial charge in [-0.05, 0) is 24.0 Å². The number of terminal acetylenes is 1. The molecule has 0 fully saturated rings. The summed E-state index contributed by atoms with van der Waals surface area (Å²) >= 11 is 0. The van der Waals surface area contributed by atoms with Crippen LogP contribution < -0.4 is 0 Å². The second-order valence-corrected chi connectivity index (χ2v) is 5.89. The van der Waals surface area contributed by atoms with Crippen molar-refractivity contribution >= 4 is 12.2 Å². The number of carbonyl (C=O) groups excluding carboxylic acids is 2. The van der Waals surface area contributed by atoms with Gasteiger partial charge in [-0.2, -0.15) is 0 Å². The number of unbranched alkanes of at least 4 members (excludes halogenated alkanes) is 2. The van der Waals surface area contributed by atoms with E-state index in [1.807, 2.05) is 60.7 Å². The Balaban J connectivity index is 1.92. The Bertz CT molecular complexity index is 697. The highest BCUT2D eigenvalue weighted by Crippen LogP contribution is 2.09. The van der Waals surface area contributed by atoms with Crippen molar-refractivity contribution in [3.63, 3.8) is 0 Å². The molecule has 0 unspecified atom stereocenters. The Morgan fingerprint density at radius 2 is 1.30 bits per heavy atom. The highest BCUT2D eigenvalue weighted by Gasteiger charge is 2.24. The van der Waals surface area contributed by atoms with E-state index >= 15 is 0 Å². The van der Waals surface area contributed by atoms with Crippen LogP contribution in [0.4, 0.5) is 9.59 Å². The monoisotopic (exact) mass is 365 g/mol. The fraction of sp³-hybridized carbons (Fsp3) is 0.273. The third-order valence-corrected chi connectivity index (χ3v) is 3.80. The van der Waals surface area contributed by atoms with E-state index in [-0.39, 0.29) is 19.8 Å². The molecule has 140 valence electrons. The Morgan fingerprint density at radius 3 is 1.74 bits per heavy atom. The van der Waals surface area contributed by atoms with Gasteiger partial charge in [0.15, 0.2) is 0 Å². The summed E-state index contributed by atoms with van der Waals surface area (Å²) in [6.45, 7) is 0.377. The van der Waals surface area contributed by atoms with Gasteiger partial charge in [0.05, 0.1) is 0 Å². The van der Waals surface area contributed by atoms with Crippen molar-refractivity contribution in [3.8, 4) is 12.3 Å². The fourth-order valence-corrected chi connectivity index (χ4v) is 2.35. The summed E-state index contributed by atoms with van der Waals surface area (Å²) in [6, 6.07) is 18.6. The molecule has 2 rings (SSSR count). The molecule has 0 heterocycles. The highest BCUT2D eigenvalue weighted by molar-refractivity contribution is 5.87. The van der Waals surface area contributed by atoms with Crippen LogP contribution in [-0.4, -0.2) is 23.6 Å². The maximum atomic E-state index is 12.4. The molecule has 0 aliphatic heterocycles. The number of nitrogens with zero attached hydrogens (tertiary/aromatic N) is 1. The van der Waals surface area contributed by atoms with E-state index in [4.69, 9.17) is 15.9 Å². The molecule has 5 nitrogen and oxygen atoms in total. The average Bonchev–Trinajstić information content (AvgIpc) is 2.72. The minimum Gasteiger partial charge on any atom is -0.444 e. The number of carbonyl (C=O) groups is 2. The molecule has 0 saturated heterocycles. The number of hydrogen-bond acceptors (Lipinski definition) is 4. The Morgan fingerprint density at radius 1 is 0.815 bits per heavy atom. The van der Waals surface area contributed by atoms with Gasteiger partial charge in [-0.1, -0.05) is 60.7 Å². The van der Waals surface area contributed by atoms with Crippen molar-refractivity contribution in [3.05, 3.63) is 71.8 Å². The third kappa shape index (κ3) is 7.25. The van der Waals surface area contributed by atoms with Crippen LogP contribution in [0.3, 0.4) is 0 Å². The zero-order chi connectivity index (χ0) is 19.3. The highest BCUT2D eigenvalue weighted by atomic mass is 16.6. The molecule has 0 saturated carbocycles. The predicted octanol–water partition coefficient (Wildman–Crippen LogP) is 4.77. The van der Waals surface area contributed by atoms with Crippen molar-refractivity contribution in [2.75, 3.05) is 6.54 Å². The van der Waals surface area contributed by atoms with E-state index in [2.05, 4.69) is 5.92 Å². The van der Waals surface area contributed by atoms with Crippen LogP contribution >= 0.6 is 0 Å². The summed E-state index contributed by atoms with van der Waals surface area (Å²) < 4.78 is 10.5. The minimum atomic E-state index is -0.724. The topological polar surface area (TPSA) is 55.8 Å². The molecule has 2 aromatic carbocycles. The van der Waals surface area contributed by atoms with Gasteiger partial charge < -0.3 is 9.47 Å². The first-order valence-electron chi connectivity index (χ1n) is 8.83. The van der Waals surface area contributed by atoms with Crippen molar-refractivity contribution in [2.45, 2.75) is 32.5 Å². The van der Waals surface area contributed by atoms with Crippen molar-refractivity contribution in [1.82, 2.24) is 4.90 Å². The largest absolute Gasteiger partial charge is 0.444 e. The molecule has 0 aliphatic carbocycles. The van der Waals surface area contributed by atoms with Crippen molar-refractivity contribution < 1.29 is 19.1 Å². The lowest BCUT2D eigenvalue weighted by molar-refractivity contribution is 0.0694. The summed E-state index contributed by atoms with van der Waals surface area (Å²) in [5.41, 5.74) is 1.69. The van der Waals surface area contributed by atoms with E-state index in [1.54, 1.807) is 0 Å². The molecule has 0 N–H and O–H groups in total. The number of imide groups is 1. The van der Waals surface area contributed by atoms with Crippen LogP contribution in [0.2, 0.25) is 0 Å². The van der Waals surface area contributed by atoms with Crippen LogP contribution in [-0.2, 0) is 22.7 Å². The van der Waals surface area contributed by atoms with Crippen LogP contribution in [0.1, 0.15) is 30.4 Å². The van der Waals surface area contributed by atoms with Crippen LogP contribution in [0.5, 0.6) is 0 Å². The van der Waals surface area contributed by atoms with E-state index in [0.29, 0.717) is 19.3 Å². The van der Waals surface area contributed by atoms with E-state index < -0.39 is 12.2 Å². The predicted molar refractivity (Wildman–Crippen MR) is 103 cm³/mol. The molecule has 2 aromatic rings. The Hall–Kier alpha value is -3.26. The summed E-state index contributed by atoms with van der Waals surface area (Å²) in [4.78, 5) is 25.8. The van der Waals surface area contributed by atoms with Gasteiger partial charge >= 0.3 is 12.2 Å². The molecule has 27 heavy (non-hydrogen) atoms. The SMILES string of the molecule is C#CCCCCN(C(=O)OCc1ccccc1)C(=O)OCc1ccccc1. The van der Waals surface area contributed by atoms with Crippen LogP contribution in [0.25, 0.3) is 0 Å².